The summed E-state index contributed by atoms with van der Waals surface area (Å²) in [6, 6.07) is 0. The zero-order chi connectivity index (χ0) is 12.8. The third kappa shape index (κ3) is 6.56. The zero-order valence-corrected chi connectivity index (χ0v) is 10.9. The van der Waals surface area contributed by atoms with Crippen molar-refractivity contribution in [1.82, 2.24) is 5.32 Å². The predicted octanol–water partition coefficient (Wildman–Crippen LogP) is 1.39. The third-order valence-corrected chi connectivity index (χ3v) is 2.27. The summed E-state index contributed by atoms with van der Waals surface area (Å²) in [6.45, 7) is 8.14. The second kappa shape index (κ2) is 6.63. The molecule has 0 aromatic heterocycles. The Morgan fingerprint density at radius 2 is 1.88 bits per heavy atom. The number of ether oxygens (including phenoxy) is 1. The number of rotatable bonds is 6. The van der Waals surface area contributed by atoms with E-state index >= 15 is 0 Å². The van der Waals surface area contributed by atoms with Crippen molar-refractivity contribution >= 4 is 11.7 Å². The van der Waals surface area contributed by atoms with Crippen LogP contribution >= 0.6 is 0 Å². The van der Waals surface area contributed by atoms with Gasteiger partial charge in [0.25, 0.3) is 0 Å². The van der Waals surface area contributed by atoms with Crippen LogP contribution in [-0.4, -0.2) is 32.0 Å². The summed E-state index contributed by atoms with van der Waals surface area (Å²) in [5.41, 5.74) is -0.397. The quantitative estimate of drug-likeness (QED) is 0.749. The van der Waals surface area contributed by atoms with Crippen molar-refractivity contribution in [2.75, 3.05) is 20.3 Å². The number of amides is 1. The van der Waals surface area contributed by atoms with Gasteiger partial charge in [-0.2, -0.15) is 0 Å². The van der Waals surface area contributed by atoms with Gasteiger partial charge in [0.15, 0.2) is 5.78 Å². The first-order chi connectivity index (χ1) is 7.27. The molecule has 16 heavy (non-hydrogen) atoms. The Bertz CT molecular complexity index is 243. The maximum absolute atomic E-state index is 11.5. The molecule has 4 heteroatoms. The molecular formula is C12H23NO3. The first kappa shape index (κ1) is 15.1. The third-order valence-electron chi connectivity index (χ3n) is 2.27. The van der Waals surface area contributed by atoms with Crippen LogP contribution in [0, 0.1) is 11.3 Å². The number of carbonyl (C=O) groups excluding carboxylic acids is 2. The molecule has 0 spiro atoms. The maximum Gasteiger partial charge on any atom is 0.220 e. The van der Waals surface area contributed by atoms with E-state index in [9.17, 15) is 9.59 Å². The highest BCUT2D eigenvalue weighted by molar-refractivity contribution is 5.89. The van der Waals surface area contributed by atoms with Crippen molar-refractivity contribution in [2.45, 2.75) is 34.1 Å². The van der Waals surface area contributed by atoms with Gasteiger partial charge in [-0.25, -0.2) is 0 Å². The minimum absolute atomic E-state index is 0.0419. The molecular weight excluding hydrogens is 206 g/mol. The van der Waals surface area contributed by atoms with Crippen LogP contribution < -0.4 is 5.32 Å². The van der Waals surface area contributed by atoms with Crippen molar-refractivity contribution in [3.8, 4) is 0 Å². The highest BCUT2D eigenvalue weighted by atomic mass is 16.5. The maximum atomic E-state index is 11.5. The summed E-state index contributed by atoms with van der Waals surface area (Å²) in [5, 5.41) is 2.63. The van der Waals surface area contributed by atoms with Crippen LogP contribution in [0.15, 0.2) is 0 Å². The second-order valence-electron chi connectivity index (χ2n) is 5.21. The molecule has 1 N–H and O–H groups in total. The van der Waals surface area contributed by atoms with E-state index < -0.39 is 5.41 Å². The van der Waals surface area contributed by atoms with Gasteiger partial charge in [-0.3, -0.25) is 9.59 Å². The monoisotopic (exact) mass is 229 g/mol. The predicted molar refractivity (Wildman–Crippen MR) is 63.1 cm³/mol. The first-order valence-corrected chi connectivity index (χ1v) is 5.56. The molecule has 1 atom stereocenters. The van der Waals surface area contributed by atoms with Crippen molar-refractivity contribution in [3.63, 3.8) is 0 Å². The average Bonchev–Trinajstić information content (AvgIpc) is 2.12. The molecule has 0 saturated heterocycles. The molecule has 1 unspecified atom stereocenters. The van der Waals surface area contributed by atoms with Crippen LogP contribution in [-0.2, 0) is 14.3 Å². The Hall–Kier alpha value is -0.900. The molecule has 0 saturated carbocycles. The van der Waals surface area contributed by atoms with Gasteiger partial charge in [0.1, 0.15) is 0 Å². The van der Waals surface area contributed by atoms with Gasteiger partial charge in [-0.05, 0) is 5.92 Å². The molecule has 94 valence electrons. The number of hydrogen-bond acceptors (Lipinski definition) is 3. The van der Waals surface area contributed by atoms with Gasteiger partial charge < -0.3 is 10.1 Å². The smallest absolute Gasteiger partial charge is 0.220 e. The van der Waals surface area contributed by atoms with Crippen LogP contribution in [0.4, 0.5) is 0 Å². The molecule has 0 aromatic rings. The highest BCUT2D eigenvalue weighted by Crippen LogP contribution is 2.13. The topological polar surface area (TPSA) is 55.4 Å². The van der Waals surface area contributed by atoms with Crippen LogP contribution in [0.3, 0.4) is 0 Å². The lowest BCUT2D eigenvalue weighted by molar-refractivity contribution is -0.129. The summed E-state index contributed by atoms with van der Waals surface area (Å²) in [7, 11) is 1.61. The molecule has 0 heterocycles. The molecule has 0 aliphatic heterocycles. The van der Waals surface area contributed by atoms with E-state index in [4.69, 9.17) is 4.74 Å². The van der Waals surface area contributed by atoms with E-state index in [1.807, 2.05) is 27.7 Å². The van der Waals surface area contributed by atoms with Gasteiger partial charge in [0.05, 0.1) is 6.54 Å². The van der Waals surface area contributed by atoms with Crippen molar-refractivity contribution in [3.05, 3.63) is 0 Å². The van der Waals surface area contributed by atoms with E-state index in [1.54, 1.807) is 7.11 Å². The van der Waals surface area contributed by atoms with Crippen LogP contribution in [0.25, 0.3) is 0 Å². The lowest BCUT2D eigenvalue weighted by atomic mass is 9.91. The second-order valence-corrected chi connectivity index (χ2v) is 5.21. The van der Waals surface area contributed by atoms with Crippen LogP contribution in [0.2, 0.25) is 0 Å². The summed E-state index contributed by atoms with van der Waals surface area (Å²) in [5.74, 6) is 0.122. The molecule has 0 rings (SSSR count). The molecule has 0 aliphatic rings. The number of methoxy groups -OCH3 is 1. The Morgan fingerprint density at radius 1 is 1.31 bits per heavy atom. The van der Waals surface area contributed by atoms with Crippen molar-refractivity contribution < 1.29 is 14.3 Å². The largest absolute Gasteiger partial charge is 0.384 e. The number of ketones is 1. The van der Waals surface area contributed by atoms with Gasteiger partial charge in [0.2, 0.25) is 5.91 Å². The minimum Gasteiger partial charge on any atom is -0.384 e. The minimum atomic E-state index is -0.397. The molecule has 0 fully saturated rings. The summed E-state index contributed by atoms with van der Waals surface area (Å²) < 4.78 is 4.94. The molecule has 0 bridgehead atoms. The molecule has 0 aromatic carbocycles. The van der Waals surface area contributed by atoms with Gasteiger partial charge >= 0.3 is 0 Å². The highest BCUT2D eigenvalue weighted by Gasteiger charge is 2.21. The molecule has 1 amide bonds. The molecule has 4 nitrogen and oxygen atoms in total. The average molecular weight is 229 g/mol. The van der Waals surface area contributed by atoms with Crippen molar-refractivity contribution in [1.29, 1.82) is 0 Å². The fourth-order valence-electron chi connectivity index (χ4n) is 1.18. The van der Waals surface area contributed by atoms with E-state index in [1.165, 1.54) is 0 Å². The van der Waals surface area contributed by atoms with E-state index in [-0.39, 0.29) is 24.2 Å². The fraction of sp³-hybridized carbons (Fsp3) is 0.833. The number of hydrogen-bond donors (Lipinski definition) is 1. The summed E-state index contributed by atoms with van der Waals surface area (Å²) >= 11 is 0. The van der Waals surface area contributed by atoms with E-state index in [0.29, 0.717) is 13.0 Å². The summed E-state index contributed by atoms with van der Waals surface area (Å²) in [4.78, 5) is 23.0. The lowest BCUT2D eigenvalue weighted by Gasteiger charge is -2.17. The van der Waals surface area contributed by atoms with E-state index in [2.05, 4.69) is 5.32 Å². The van der Waals surface area contributed by atoms with Gasteiger partial charge in [-0.15, -0.1) is 0 Å². The Labute approximate surface area is 97.7 Å². The van der Waals surface area contributed by atoms with Crippen molar-refractivity contribution in [2.24, 2.45) is 11.3 Å². The fourth-order valence-corrected chi connectivity index (χ4v) is 1.18. The number of Topliss-reactive ketones (excluding diaryl/α,β-unsaturated/α-hetero) is 1. The lowest BCUT2D eigenvalue weighted by Crippen LogP contribution is -2.36. The first-order valence-electron chi connectivity index (χ1n) is 5.56. The number of nitrogens with one attached hydrogen (secondary N) is 1. The normalized spacial score (nSPS) is 13.3. The molecule has 0 aliphatic carbocycles. The van der Waals surface area contributed by atoms with Crippen LogP contribution in [0.1, 0.15) is 34.1 Å². The van der Waals surface area contributed by atoms with Gasteiger partial charge in [-0.1, -0.05) is 27.7 Å². The standard InChI is InChI=1S/C12H23NO3/c1-9(8-16-5)6-11(15)13-7-10(14)12(2,3)4/h9H,6-8H2,1-5H3,(H,13,15). The van der Waals surface area contributed by atoms with Crippen LogP contribution in [0.5, 0.6) is 0 Å². The summed E-state index contributed by atoms with van der Waals surface area (Å²) in [6.07, 6.45) is 0.394. The Kier molecular flexibility index (Phi) is 6.26. The van der Waals surface area contributed by atoms with Gasteiger partial charge in [0, 0.05) is 25.6 Å². The SMILES string of the molecule is COCC(C)CC(=O)NCC(=O)C(C)(C)C. The number of carbonyl (C=O) groups is 2. The Balaban J connectivity index is 3.86. The Morgan fingerprint density at radius 3 is 2.31 bits per heavy atom. The van der Waals surface area contributed by atoms with E-state index in [0.717, 1.165) is 0 Å². The zero-order valence-electron chi connectivity index (χ0n) is 10.9. The molecule has 0 radical (unpaired) electrons.